The zero-order valence-electron chi connectivity index (χ0n) is 17.2. The van der Waals surface area contributed by atoms with Crippen molar-refractivity contribution >= 4 is 29.2 Å². The van der Waals surface area contributed by atoms with Crippen molar-refractivity contribution in [2.24, 2.45) is 0 Å². The molecule has 6 nitrogen and oxygen atoms in total. The maximum Gasteiger partial charge on any atom is 0.338 e. The van der Waals surface area contributed by atoms with Crippen molar-refractivity contribution in [2.45, 2.75) is 12.5 Å². The molecule has 31 heavy (non-hydrogen) atoms. The number of nitrogens with zero attached hydrogens (tertiary/aromatic N) is 1. The molecule has 1 atom stereocenters. The number of carbonyl (C=O) groups is 2. The molecule has 0 saturated carbocycles. The summed E-state index contributed by atoms with van der Waals surface area (Å²) in [4.78, 5) is 27.3. The van der Waals surface area contributed by atoms with E-state index in [9.17, 15) is 9.59 Å². The van der Waals surface area contributed by atoms with Crippen molar-refractivity contribution in [2.75, 3.05) is 26.7 Å². The van der Waals surface area contributed by atoms with Gasteiger partial charge < -0.3 is 15.4 Å². The third kappa shape index (κ3) is 4.81. The highest BCUT2D eigenvalue weighted by Gasteiger charge is 2.34. The number of nitrogens with one attached hydrogen (secondary N) is 2. The van der Waals surface area contributed by atoms with Crippen LogP contribution < -0.4 is 10.6 Å². The van der Waals surface area contributed by atoms with Crippen molar-refractivity contribution in [3.63, 3.8) is 0 Å². The molecule has 0 aromatic heterocycles. The van der Waals surface area contributed by atoms with Crippen LogP contribution in [0.2, 0.25) is 5.02 Å². The van der Waals surface area contributed by atoms with E-state index in [0.29, 0.717) is 22.8 Å². The Kier molecular flexibility index (Phi) is 6.39. The van der Waals surface area contributed by atoms with Gasteiger partial charge in [0.15, 0.2) is 0 Å². The van der Waals surface area contributed by atoms with Gasteiger partial charge >= 0.3 is 12.0 Å². The second kappa shape index (κ2) is 9.37. The van der Waals surface area contributed by atoms with Gasteiger partial charge in [0.2, 0.25) is 0 Å². The van der Waals surface area contributed by atoms with Crippen molar-refractivity contribution in [3.05, 3.63) is 88.1 Å². The first-order valence-corrected chi connectivity index (χ1v) is 10.5. The Morgan fingerprint density at radius 3 is 2.68 bits per heavy atom. The number of methoxy groups -OCH3 is 1. The zero-order valence-corrected chi connectivity index (χ0v) is 18.0. The molecule has 2 amide bonds. The monoisotopic (exact) mass is 437 g/mol. The minimum absolute atomic E-state index is 0.356. The molecule has 160 valence electrons. The second-order valence-electron chi connectivity index (χ2n) is 7.55. The van der Waals surface area contributed by atoms with Crippen LogP contribution >= 0.6 is 11.6 Å². The maximum absolute atomic E-state index is 12.7. The van der Waals surface area contributed by atoms with Crippen LogP contribution in [0.4, 0.5) is 4.79 Å². The third-order valence-corrected chi connectivity index (χ3v) is 5.80. The van der Waals surface area contributed by atoms with Crippen LogP contribution in [0.5, 0.6) is 0 Å². The van der Waals surface area contributed by atoms with E-state index in [0.717, 1.165) is 25.1 Å². The number of benzene rings is 2. The average Bonchev–Trinajstić information content (AvgIpc) is 2.79. The van der Waals surface area contributed by atoms with Crippen LogP contribution in [0.1, 0.15) is 23.6 Å². The normalized spacial score (nSPS) is 19.4. The smallest absolute Gasteiger partial charge is 0.338 e. The lowest BCUT2D eigenvalue weighted by atomic mass is 9.94. The molecule has 2 aliphatic heterocycles. The van der Waals surface area contributed by atoms with Crippen molar-refractivity contribution in [3.8, 4) is 0 Å². The van der Waals surface area contributed by atoms with E-state index < -0.39 is 12.0 Å². The van der Waals surface area contributed by atoms with Crippen LogP contribution in [0.3, 0.4) is 0 Å². The van der Waals surface area contributed by atoms with Gasteiger partial charge in [0.1, 0.15) is 0 Å². The minimum Gasteiger partial charge on any atom is -0.466 e. The largest absolute Gasteiger partial charge is 0.466 e. The molecule has 4 rings (SSSR count). The quantitative estimate of drug-likeness (QED) is 0.696. The standard InChI is InChI=1S/C24H24ClN3O3/c1-31-23(29)21-20(26-24(30)27-22(21)18-8-5-9-19(25)14-18)15-28-12-10-17(11-13-28)16-6-3-2-4-7-16/h2-10,14,22H,11-13,15H2,1H3,(H2,26,27,30)/t22-/m0/s1. The zero-order chi connectivity index (χ0) is 21.8. The molecular formula is C24H24ClN3O3. The summed E-state index contributed by atoms with van der Waals surface area (Å²) in [6, 6.07) is 16.4. The number of amides is 2. The summed E-state index contributed by atoms with van der Waals surface area (Å²) in [5.41, 5.74) is 4.21. The Morgan fingerprint density at radius 1 is 1.19 bits per heavy atom. The average molecular weight is 438 g/mol. The van der Waals surface area contributed by atoms with Gasteiger partial charge in [-0.2, -0.15) is 0 Å². The Hall–Kier alpha value is -3.09. The van der Waals surface area contributed by atoms with E-state index in [-0.39, 0.29) is 6.03 Å². The van der Waals surface area contributed by atoms with Crippen LogP contribution in [-0.2, 0) is 9.53 Å². The van der Waals surface area contributed by atoms with E-state index in [1.807, 2.05) is 24.3 Å². The van der Waals surface area contributed by atoms with Crippen LogP contribution in [0, 0.1) is 0 Å². The molecule has 0 unspecified atom stereocenters. The summed E-state index contributed by atoms with van der Waals surface area (Å²) in [5.74, 6) is -0.481. The molecule has 0 aliphatic carbocycles. The summed E-state index contributed by atoms with van der Waals surface area (Å²) in [7, 11) is 1.34. The molecule has 7 heteroatoms. The Balaban J connectivity index is 1.60. The highest BCUT2D eigenvalue weighted by atomic mass is 35.5. The third-order valence-electron chi connectivity index (χ3n) is 5.56. The first-order chi connectivity index (χ1) is 15.0. The fourth-order valence-corrected chi connectivity index (χ4v) is 4.22. The van der Waals surface area contributed by atoms with Crippen LogP contribution in [0.15, 0.2) is 71.9 Å². The van der Waals surface area contributed by atoms with Gasteiger partial charge in [-0.25, -0.2) is 9.59 Å². The van der Waals surface area contributed by atoms with Gasteiger partial charge in [0.05, 0.1) is 18.7 Å². The first kappa shape index (κ1) is 21.2. The number of ether oxygens (including phenoxy) is 1. The Morgan fingerprint density at radius 2 is 2.00 bits per heavy atom. The van der Waals surface area contributed by atoms with Gasteiger partial charge in [-0.3, -0.25) is 4.90 Å². The minimum atomic E-state index is -0.630. The van der Waals surface area contributed by atoms with Crippen LogP contribution in [-0.4, -0.2) is 43.6 Å². The highest BCUT2D eigenvalue weighted by Crippen LogP contribution is 2.30. The van der Waals surface area contributed by atoms with E-state index in [1.54, 1.807) is 18.2 Å². The number of esters is 1. The van der Waals surface area contributed by atoms with Gasteiger partial charge in [-0.05, 0) is 35.3 Å². The van der Waals surface area contributed by atoms with Gasteiger partial charge in [0, 0.05) is 30.4 Å². The molecule has 2 N–H and O–H groups in total. The Labute approximate surface area is 186 Å². The topological polar surface area (TPSA) is 70.7 Å². The molecule has 0 saturated heterocycles. The molecule has 2 heterocycles. The summed E-state index contributed by atoms with van der Waals surface area (Å²) in [6.45, 7) is 1.99. The van der Waals surface area contributed by atoms with E-state index in [1.165, 1.54) is 18.2 Å². The molecule has 0 fully saturated rings. The lowest BCUT2D eigenvalue weighted by Crippen LogP contribution is -2.48. The van der Waals surface area contributed by atoms with Crippen molar-refractivity contribution in [1.29, 1.82) is 0 Å². The van der Waals surface area contributed by atoms with Crippen molar-refractivity contribution < 1.29 is 14.3 Å². The fraction of sp³-hybridized carbons (Fsp3) is 0.250. The molecule has 2 aliphatic rings. The maximum atomic E-state index is 12.7. The number of hydrogen-bond acceptors (Lipinski definition) is 4. The predicted molar refractivity (Wildman–Crippen MR) is 120 cm³/mol. The van der Waals surface area contributed by atoms with Gasteiger partial charge in [-0.15, -0.1) is 0 Å². The fourth-order valence-electron chi connectivity index (χ4n) is 4.02. The molecule has 0 bridgehead atoms. The molecule has 0 radical (unpaired) electrons. The SMILES string of the molecule is COC(=O)C1=C(CN2CC=C(c3ccccc3)CC2)NC(=O)N[C@H]1c1cccc(Cl)c1. The summed E-state index contributed by atoms with van der Waals surface area (Å²) < 4.78 is 5.05. The van der Waals surface area contributed by atoms with Crippen molar-refractivity contribution in [1.82, 2.24) is 15.5 Å². The van der Waals surface area contributed by atoms with E-state index in [2.05, 4.69) is 33.7 Å². The lowest BCUT2D eigenvalue weighted by Gasteiger charge is -2.33. The molecule has 0 spiro atoms. The van der Waals surface area contributed by atoms with E-state index >= 15 is 0 Å². The second-order valence-corrected chi connectivity index (χ2v) is 7.99. The molecule has 2 aromatic carbocycles. The highest BCUT2D eigenvalue weighted by molar-refractivity contribution is 6.30. The van der Waals surface area contributed by atoms with Gasteiger partial charge in [-0.1, -0.05) is 60.1 Å². The molecular weight excluding hydrogens is 414 g/mol. The lowest BCUT2D eigenvalue weighted by molar-refractivity contribution is -0.136. The predicted octanol–water partition coefficient (Wildman–Crippen LogP) is 3.91. The summed E-state index contributed by atoms with van der Waals surface area (Å²) in [5, 5.41) is 6.18. The Bertz CT molecular complexity index is 1050. The van der Waals surface area contributed by atoms with Crippen LogP contribution in [0.25, 0.3) is 5.57 Å². The first-order valence-electron chi connectivity index (χ1n) is 10.2. The number of urea groups is 1. The molecule has 2 aromatic rings. The number of halogens is 1. The summed E-state index contributed by atoms with van der Waals surface area (Å²) >= 11 is 6.14. The number of carbonyl (C=O) groups excluding carboxylic acids is 2. The van der Waals surface area contributed by atoms with E-state index in [4.69, 9.17) is 16.3 Å². The summed E-state index contributed by atoms with van der Waals surface area (Å²) in [6.07, 6.45) is 3.10. The number of rotatable bonds is 5. The van der Waals surface area contributed by atoms with Gasteiger partial charge in [0.25, 0.3) is 0 Å². The number of hydrogen-bond donors (Lipinski definition) is 2.